The molecule has 0 bridgehead atoms. The summed E-state index contributed by atoms with van der Waals surface area (Å²) in [7, 11) is 0. The van der Waals surface area contributed by atoms with Crippen LogP contribution in [0.3, 0.4) is 0 Å². The van der Waals surface area contributed by atoms with Gasteiger partial charge in [0.1, 0.15) is 5.82 Å². The summed E-state index contributed by atoms with van der Waals surface area (Å²) in [6.07, 6.45) is -3.10. The van der Waals surface area contributed by atoms with Gasteiger partial charge in [0.15, 0.2) is 5.69 Å². The van der Waals surface area contributed by atoms with E-state index < -0.39 is 11.9 Å². The monoisotopic (exact) mass is 273 g/mol. The largest absolute Gasteiger partial charge is 0.433 e. The summed E-state index contributed by atoms with van der Waals surface area (Å²) in [5.41, 5.74) is -0.105. The van der Waals surface area contributed by atoms with Gasteiger partial charge in [-0.15, -0.1) is 0 Å². The summed E-state index contributed by atoms with van der Waals surface area (Å²) < 4.78 is 44.2. The predicted molar refractivity (Wildman–Crippen MR) is 60.2 cm³/mol. The molecule has 104 valence electrons. The number of ether oxygens (including phenoxy) is 1. The van der Waals surface area contributed by atoms with E-state index in [0.717, 1.165) is 6.42 Å². The van der Waals surface area contributed by atoms with Crippen molar-refractivity contribution in [2.75, 3.05) is 13.2 Å². The van der Waals surface area contributed by atoms with Crippen molar-refractivity contribution in [3.63, 3.8) is 0 Å². The molecule has 0 spiro atoms. The van der Waals surface area contributed by atoms with E-state index in [1.165, 1.54) is 0 Å². The minimum atomic E-state index is -4.42. The third-order valence-electron chi connectivity index (χ3n) is 3.50. The third-order valence-corrected chi connectivity index (χ3v) is 3.50. The van der Waals surface area contributed by atoms with E-state index in [2.05, 4.69) is 15.3 Å². The highest BCUT2D eigenvalue weighted by Crippen LogP contribution is 2.33. The summed E-state index contributed by atoms with van der Waals surface area (Å²) in [5.74, 6) is 0.513. The lowest BCUT2D eigenvalue weighted by Gasteiger charge is -2.13. The van der Waals surface area contributed by atoms with Crippen LogP contribution in [0.2, 0.25) is 0 Å². The molecule has 1 unspecified atom stereocenters. The Morgan fingerprint density at radius 1 is 1.26 bits per heavy atom. The number of nitrogens with one attached hydrogen (secondary N) is 1. The number of fused-ring (bicyclic) bond motifs is 1. The molecule has 7 heteroatoms. The smallest absolute Gasteiger partial charge is 0.381 e. The zero-order valence-electron chi connectivity index (χ0n) is 10.3. The lowest BCUT2D eigenvalue weighted by atomic mass is 10.0. The fourth-order valence-corrected chi connectivity index (χ4v) is 2.55. The quantitative estimate of drug-likeness (QED) is 0.890. The molecule has 3 heterocycles. The molecule has 0 aliphatic carbocycles. The second-order valence-electron chi connectivity index (χ2n) is 4.95. The Hall–Kier alpha value is -1.21. The van der Waals surface area contributed by atoms with Gasteiger partial charge in [-0.05, 0) is 12.3 Å². The molecule has 1 aromatic rings. The maximum Gasteiger partial charge on any atom is 0.433 e. The SMILES string of the molecule is FC(F)(F)c1nc(CC2CCOC2)nc2c1CNC2. The summed E-state index contributed by atoms with van der Waals surface area (Å²) >= 11 is 0. The van der Waals surface area contributed by atoms with Gasteiger partial charge in [0.25, 0.3) is 0 Å². The van der Waals surface area contributed by atoms with Crippen molar-refractivity contribution in [1.29, 1.82) is 0 Å². The maximum absolute atomic E-state index is 13.0. The highest BCUT2D eigenvalue weighted by molar-refractivity contribution is 5.31. The van der Waals surface area contributed by atoms with Gasteiger partial charge in [0.2, 0.25) is 0 Å². The highest BCUT2D eigenvalue weighted by atomic mass is 19.4. The number of alkyl halides is 3. The van der Waals surface area contributed by atoms with Crippen molar-refractivity contribution in [2.24, 2.45) is 5.92 Å². The number of hydrogen-bond donors (Lipinski definition) is 1. The average Bonchev–Trinajstić information content (AvgIpc) is 2.96. The van der Waals surface area contributed by atoms with Gasteiger partial charge < -0.3 is 10.1 Å². The number of halogens is 3. The molecule has 1 N–H and O–H groups in total. The second-order valence-corrected chi connectivity index (χ2v) is 4.95. The van der Waals surface area contributed by atoms with Crippen molar-refractivity contribution in [3.05, 3.63) is 22.8 Å². The Kier molecular flexibility index (Phi) is 3.18. The van der Waals surface area contributed by atoms with Crippen molar-refractivity contribution in [3.8, 4) is 0 Å². The average molecular weight is 273 g/mol. The van der Waals surface area contributed by atoms with E-state index in [9.17, 15) is 13.2 Å². The van der Waals surface area contributed by atoms with E-state index in [0.29, 0.717) is 31.9 Å². The molecule has 0 amide bonds. The normalized spacial score (nSPS) is 22.8. The molecule has 0 saturated carbocycles. The van der Waals surface area contributed by atoms with Crippen molar-refractivity contribution >= 4 is 0 Å². The minimum Gasteiger partial charge on any atom is -0.381 e. The topological polar surface area (TPSA) is 47.0 Å². The van der Waals surface area contributed by atoms with Gasteiger partial charge >= 0.3 is 6.18 Å². The van der Waals surface area contributed by atoms with E-state index in [1.54, 1.807) is 0 Å². The number of aromatic nitrogens is 2. The summed E-state index contributed by atoms with van der Waals surface area (Å²) in [4.78, 5) is 8.01. The van der Waals surface area contributed by atoms with Crippen LogP contribution in [0, 0.1) is 5.92 Å². The fourth-order valence-electron chi connectivity index (χ4n) is 2.55. The Labute approximate surface area is 108 Å². The fraction of sp³-hybridized carbons (Fsp3) is 0.667. The maximum atomic E-state index is 13.0. The van der Waals surface area contributed by atoms with Crippen LogP contribution in [0.5, 0.6) is 0 Å². The van der Waals surface area contributed by atoms with E-state index in [1.807, 2.05) is 0 Å². The Morgan fingerprint density at radius 3 is 2.79 bits per heavy atom. The van der Waals surface area contributed by atoms with Crippen LogP contribution in [0.25, 0.3) is 0 Å². The zero-order valence-corrected chi connectivity index (χ0v) is 10.3. The first-order valence-corrected chi connectivity index (χ1v) is 6.28. The van der Waals surface area contributed by atoms with E-state index in [4.69, 9.17) is 4.74 Å². The lowest BCUT2D eigenvalue weighted by Crippen LogP contribution is -2.17. The predicted octanol–water partition coefficient (Wildman–Crippen LogP) is 1.68. The molecule has 0 aromatic carbocycles. The van der Waals surface area contributed by atoms with Gasteiger partial charge in [-0.3, -0.25) is 0 Å². The third kappa shape index (κ3) is 2.57. The minimum absolute atomic E-state index is 0.191. The number of rotatable bonds is 2. The van der Waals surface area contributed by atoms with Crippen LogP contribution in [0.15, 0.2) is 0 Å². The zero-order chi connectivity index (χ0) is 13.5. The molecule has 1 saturated heterocycles. The van der Waals surface area contributed by atoms with Crippen LogP contribution in [-0.4, -0.2) is 23.2 Å². The second kappa shape index (κ2) is 4.72. The molecular formula is C12H14F3N3O. The molecular weight excluding hydrogens is 259 g/mol. The Morgan fingerprint density at radius 2 is 2.11 bits per heavy atom. The van der Waals surface area contributed by atoms with Gasteiger partial charge in [0, 0.05) is 38.3 Å². The molecule has 0 radical (unpaired) electrons. The first kappa shape index (κ1) is 12.8. The van der Waals surface area contributed by atoms with Crippen molar-refractivity contribution in [2.45, 2.75) is 32.1 Å². The van der Waals surface area contributed by atoms with Gasteiger partial charge in [-0.2, -0.15) is 13.2 Å². The van der Waals surface area contributed by atoms with Crippen LogP contribution >= 0.6 is 0 Å². The van der Waals surface area contributed by atoms with E-state index >= 15 is 0 Å². The molecule has 3 rings (SSSR count). The van der Waals surface area contributed by atoms with Crippen LogP contribution < -0.4 is 5.32 Å². The summed E-state index contributed by atoms with van der Waals surface area (Å²) in [6.45, 7) is 1.83. The van der Waals surface area contributed by atoms with Crippen molar-refractivity contribution < 1.29 is 17.9 Å². The highest BCUT2D eigenvalue weighted by Gasteiger charge is 2.38. The number of nitrogens with zero attached hydrogens (tertiary/aromatic N) is 2. The standard InChI is InChI=1S/C12H14F3N3O/c13-12(14,15)11-8-4-16-5-9(8)17-10(18-11)3-7-1-2-19-6-7/h7,16H,1-6H2. The molecule has 4 nitrogen and oxygen atoms in total. The molecule has 1 atom stereocenters. The molecule has 2 aliphatic heterocycles. The lowest BCUT2D eigenvalue weighted by molar-refractivity contribution is -0.142. The number of hydrogen-bond acceptors (Lipinski definition) is 4. The molecule has 19 heavy (non-hydrogen) atoms. The first-order chi connectivity index (χ1) is 9.04. The van der Waals surface area contributed by atoms with Crippen LogP contribution in [0.4, 0.5) is 13.2 Å². The van der Waals surface area contributed by atoms with E-state index in [-0.39, 0.29) is 23.9 Å². The van der Waals surface area contributed by atoms with Gasteiger partial charge in [-0.25, -0.2) is 9.97 Å². The van der Waals surface area contributed by atoms with Crippen LogP contribution in [0.1, 0.15) is 29.2 Å². The first-order valence-electron chi connectivity index (χ1n) is 6.28. The van der Waals surface area contributed by atoms with Crippen LogP contribution in [-0.2, 0) is 30.4 Å². The molecule has 2 aliphatic rings. The Bertz CT molecular complexity index is 484. The molecule has 1 fully saturated rings. The van der Waals surface area contributed by atoms with Gasteiger partial charge in [-0.1, -0.05) is 0 Å². The summed E-state index contributed by atoms with van der Waals surface area (Å²) in [6, 6.07) is 0. The van der Waals surface area contributed by atoms with Gasteiger partial charge in [0.05, 0.1) is 5.69 Å². The molecule has 1 aromatic heterocycles. The summed E-state index contributed by atoms with van der Waals surface area (Å²) in [5, 5.41) is 2.89. The van der Waals surface area contributed by atoms with Crippen molar-refractivity contribution in [1.82, 2.24) is 15.3 Å². The Balaban J connectivity index is 1.93.